The number of benzene rings is 1. The highest BCUT2D eigenvalue weighted by atomic mass is 32.1. The zero-order valence-corrected chi connectivity index (χ0v) is 11.4. The standard InChI is InChI=1S/C12H15N5S/c1-8-6-4-5-7-9(8)10-15-16-12(18-10)14-11(13)17(2)3/h4-7H,1-3H3,(H2,13,14,16). The van der Waals surface area contributed by atoms with E-state index >= 15 is 0 Å². The number of hydrogen-bond acceptors (Lipinski definition) is 4. The first kappa shape index (κ1) is 12.5. The van der Waals surface area contributed by atoms with Gasteiger partial charge in [0.05, 0.1) is 0 Å². The van der Waals surface area contributed by atoms with Gasteiger partial charge in [-0.15, -0.1) is 10.2 Å². The van der Waals surface area contributed by atoms with Crippen LogP contribution in [0.2, 0.25) is 0 Å². The lowest BCUT2D eigenvalue weighted by molar-refractivity contribution is 0.614. The van der Waals surface area contributed by atoms with Gasteiger partial charge in [0, 0.05) is 19.7 Å². The van der Waals surface area contributed by atoms with Gasteiger partial charge in [-0.3, -0.25) is 0 Å². The summed E-state index contributed by atoms with van der Waals surface area (Å²) in [6.45, 7) is 2.05. The van der Waals surface area contributed by atoms with Crippen molar-refractivity contribution in [3.8, 4) is 10.6 Å². The monoisotopic (exact) mass is 261 g/mol. The van der Waals surface area contributed by atoms with Crippen molar-refractivity contribution in [1.29, 1.82) is 0 Å². The molecule has 0 atom stereocenters. The molecule has 5 nitrogen and oxygen atoms in total. The van der Waals surface area contributed by atoms with Crippen molar-refractivity contribution in [2.75, 3.05) is 14.1 Å². The van der Waals surface area contributed by atoms with Crippen LogP contribution < -0.4 is 5.73 Å². The predicted octanol–water partition coefficient (Wildman–Crippen LogP) is 2.02. The molecule has 2 aromatic rings. The third kappa shape index (κ3) is 2.65. The van der Waals surface area contributed by atoms with Gasteiger partial charge < -0.3 is 10.6 Å². The van der Waals surface area contributed by atoms with E-state index in [2.05, 4.69) is 15.2 Å². The summed E-state index contributed by atoms with van der Waals surface area (Å²) < 4.78 is 0. The first-order valence-corrected chi connectivity index (χ1v) is 6.30. The van der Waals surface area contributed by atoms with Gasteiger partial charge in [0.25, 0.3) is 0 Å². The van der Waals surface area contributed by atoms with Crippen LogP contribution in [0.15, 0.2) is 29.3 Å². The summed E-state index contributed by atoms with van der Waals surface area (Å²) in [6, 6.07) is 8.07. The highest BCUT2D eigenvalue weighted by molar-refractivity contribution is 7.18. The van der Waals surface area contributed by atoms with E-state index in [1.165, 1.54) is 16.9 Å². The molecule has 18 heavy (non-hydrogen) atoms. The van der Waals surface area contributed by atoms with E-state index in [-0.39, 0.29) is 0 Å². The molecule has 0 fully saturated rings. The molecule has 0 amide bonds. The molecule has 6 heteroatoms. The lowest BCUT2D eigenvalue weighted by Gasteiger charge is -2.08. The van der Waals surface area contributed by atoms with Crippen molar-refractivity contribution in [2.24, 2.45) is 10.7 Å². The molecule has 1 heterocycles. The van der Waals surface area contributed by atoms with Crippen molar-refractivity contribution in [3.63, 3.8) is 0 Å². The quantitative estimate of drug-likeness (QED) is 0.663. The molecule has 0 radical (unpaired) electrons. The molecule has 0 aliphatic rings. The van der Waals surface area contributed by atoms with Crippen LogP contribution in [0.1, 0.15) is 5.56 Å². The zero-order valence-electron chi connectivity index (χ0n) is 10.6. The molecule has 94 valence electrons. The minimum absolute atomic E-state index is 0.419. The van der Waals surface area contributed by atoms with E-state index < -0.39 is 0 Å². The molecule has 0 spiro atoms. The van der Waals surface area contributed by atoms with Crippen LogP contribution in [0.5, 0.6) is 0 Å². The zero-order chi connectivity index (χ0) is 13.1. The Morgan fingerprint density at radius 1 is 1.28 bits per heavy atom. The number of hydrogen-bond donors (Lipinski definition) is 1. The number of aliphatic imine (C=N–C) groups is 1. The van der Waals surface area contributed by atoms with Crippen molar-refractivity contribution in [2.45, 2.75) is 6.92 Å². The van der Waals surface area contributed by atoms with Crippen molar-refractivity contribution >= 4 is 22.4 Å². The summed E-state index contributed by atoms with van der Waals surface area (Å²) in [5.41, 5.74) is 8.00. The van der Waals surface area contributed by atoms with E-state index in [4.69, 9.17) is 5.73 Å². The Balaban J connectivity index is 2.32. The Labute approximate surface area is 110 Å². The van der Waals surface area contributed by atoms with Crippen LogP contribution in [0.4, 0.5) is 5.13 Å². The maximum atomic E-state index is 5.74. The van der Waals surface area contributed by atoms with Crippen LogP contribution in [0.3, 0.4) is 0 Å². The summed E-state index contributed by atoms with van der Waals surface area (Å²) in [5, 5.41) is 9.61. The van der Waals surface area contributed by atoms with E-state index in [1.807, 2.05) is 45.3 Å². The largest absolute Gasteiger partial charge is 0.369 e. The topological polar surface area (TPSA) is 67.4 Å². The second-order valence-electron chi connectivity index (χ2n) is 4.07. The average molecular weight is 261 g/mol. The number of nitrogens with two attached hydrogens (primary N) is 1. The predicted molar refractivity (Wildman–Crippen MR) is 75.1 cm³/mol. The summed E-state index contributed by atoms with van der Waals surface area (Å²) in [4.78, 5) is 5.93. The molecule has 0 bridgehead atoms. The third-order valence-corrected chi connectivity index (χ3v) is 3.31. The van der Waals surface area contributed by atoms with Gasteiger partial charge in [-0.25, -0.2) is 0 Å². The van der Waals surface area contributed by atoms with Crippen LogP contribution >= 0.6 is 11.3 Å². The Morgan fingerprint density at radius 3 is 2.67 bits per heavy atom. The first-order chi connectivity index (χ1) is 8.58. The number of aryl methyl sites for hydroxylation is 1. The molecular formula is C12H15N5S. The molecular weight excluding hydrogens is 246 g/mol. The van der Waals surface area contributed by atoms with Gasteiger partial charge in [-0.1, -0.05) is 35.6 Å². The molecule has 0 saturated heterocycles. The minimum atomic E-state index is 0.419. The van der Waals surface area contributed by atoms with Gasteiger partial charge >= 0.3 is 0 Å². The Hall–Kier alpha value is -1.95. The maximum absolute atomic E-state index is 5.74. The average Bonchev–Trinajstić information content (AvgIpc) is 2.77. The SMILES string of the molecule is Cc1ccccc1-c1nnc(/N=C(\N)N(C)C)s1. The first-order valence-electron chi connectivity index (χ1n) is 5.49. The molecule has 1 aromatic heterocycles. The van der Waals surface area contributed by atoms with Gasteiger partial charge in [-0.05, 0) is 12.5 Å². The smallest absolute Gasteiger partial charge is 0.235 e. The van der Waals surface area contributed by atoms with Gasteiger partial charge in [-0.2, -0.15) is 4.99 Å². The third-order valence-electron chi connectivity index (χ3n) is 2.46. The molecule has 2 N–H and O–H groups in total. The summed E-state index contributed by atoms with van der Waals surface area (Å²) in [6.07, 6.45) is 0. The maximum Gasteiger partial charge on any atom is 0.235 e. The van der Waals surface area contributed by atoms with E-state index in [9.17, 15) is 0 Å². The minimum Gasteiger partial charge on any atom is -0.369 e. The number of nitrogens with zero attached hydrogens (tertiary/aromatic N) is 4. The fraction of sp³-hybridized carbons (Fsp3) is 0.250. The number of rotatable bonds is 2. The van der Waals surface area contributed by atoms with Crippen LogP contribution in [0.25, 0.3) is 10.6 Å². The van der Waals surface area contributed by atoms with Crippen LogP contribution in [-0.2, 0) is 0 Å². The van der Waals surface area contributed by atoms with Gasteiger partial charge in [0.15, 0.2) is 5.96 Å². The Bertz CT molecular complexity index is 573. The second-order valence-corrected chi connectivity index (χ2v) is 5.03. The summed E-state index contributed by atoms with van der Waals surface area (Å²) in [7, 11) is 3.67. The lowest BCUT2D eigenvalue weighted by atomic mass is 10.1. The van der Waals surface area contributed by atoms with E-state index in [0.717, 1.165) is 10.6 Å². The van der Waals surface area contributed by atoms with Crippen LogP contribution in [-0.4, -0.2) is 35.2 Å². The fourth-order valence-electron chi connectivity index (χ4n) is 1.38. The Kier molecular flexibility index (Phi) is 3.57. The number of aromatic nitrogens is 2. The normalized spacial score (nSPS) is 11.6. The molecule has 0 saturated carbocycles. The Morgan fingerprint density at radius 2 is 2.00 bits per heavy atom. The molecule has 2 rings (SSSR count). The second kappa shape index (κ2) is 5.14. The molecule has 0 aliphatic carbocycles. The fourth-order valence-corrected chi connectivity index (χ4v) is 2.19. The summed E-state index contributed by atoms with van der Waals surface area (Å²) in [5.74, 6) is 0.419. The van der Waals surface area contributed by atoms with Crippen molar-refractivity contribution in [1.82, 2.24) is 15.1 Å². The van der Waals surface area contributed by atoms with E-state index in [0.29, 0.717) is 11.1 Å². The van der Waals surface area contributed by atoms with Gasteiger partial charge in [0.2, 0.25) is 5.13 Å². The number of guanidine groups is 1. The van der Waals surface area contributed by atoms with E-state index in [1.54, 1.807) is 4.90 Å². The lowest BCUT2D eigenvalue weighted by Crippen LogP contribution is -2.29. The van der Waals surface area contributed by atoms with Crippen LogP contribution in [0, 0.1) is 6.92 Å². The molecule has 1 aromatic carbocycles. The molecule has 0 unspecified atom stereocenters. The summed E-state index contributed by atoms with van der Waals surface area (Å²) >= 11 is 1.43. The highest BCUT2D eigenvalue weighted by Crippen LogP contribution is 2.29. The van der Waals surface area contributed by atoms with Gasteiger partial charge in [0.1, 0.15) is 5.01 Å². The molecule has 0 aliphatic heterocycles. The highest BCUT2D eigenvalue weighted by Gasteiger charge is 2.08. The van der Waals surface area contributed by atoms with Crippen molar-refractivity contribution in [3.05, 3.63) is 29.8 Å². The van der Waals surface area contributed by atoms with Crippen molar-refractivity contribution < 1.29 is 0 Å².